The SMILES string of the molecule is CCC(C)c1ccccc1OCC(=O)Nc1cccc(OCCS(C)(=O)=O)c1. The van der Waals surface area contributed by atoms with Crippen molar-refractivity contribution in [3.8, 4) is 11.5 Å². The Labute approximate surface area is 166 Å². The van der Waals surface area contributed by atoms with E-state index in [0.29, 0.717) is 23.1 Å². The number of nitrogens with one attached hydrogen (secondary N) is 1. The normalized spacial score (nSPS) is 12.2. The molecule has 0 aliphatic carbocycles. The van der Waals surface area contributed by atoms with E-state index >= 15 is 0 Å². The van der Waals surface area contributed by atoms with Gasteiger partial charge in [-0.15, -0.1) is 0 Å². The second-order valence-corrected chi connectivity index (χ2v) is 8.95. The van der Waals surface area contributed by atoms with Crippen molar-refractivity contribution in [2.45, 2.75) is 26.2 Å². The molecular weight excluding hydrogens is 378 g/mol. The third-order valence-electron chi connectivity index (χ3n) is 4.26. The number of rotatable bonds is 10. The van der Waals surface area contributed by atoms with Crippen LogP contribution in [-0.2, 0) is 14.6 Å². The number of carbonyl (C=O) groups is 1. The minimum Gasteiger partial charge on any atom is -0.492 e. The van der Waals surface area contributed by atoms with E-state index in [1.165, 1.54) is 0 Å². The van der Waals surface area contributed by atoms with Crippen molar-refractivity contribution in [2.24, 2.45) is 0 Å². The van der Waals surface area contributed by atoms with Gasteiger partial charge in [0.15, 0.2) is 16.4 Å². The summed E-state index contributed by atoms with van der Waals surface area (Å²) in [5.41, 5.74) is 1.64. The lowest BCUT2D eigenvalue weighted by Crippen LogP contribution is -2.20. The highest BCUT2D eigenvalue weighted by atomic mass is 32.2. The Bertz CT molecular complexity index is 895. The van der Waals surface area contributed by atoms with Gasteiger partial charge in [0.25, 0.3) is 5.91 Å². The summed E-state index contributed by atoms with van der Waals surface area (Å²) >= 11 is 0. The van der Waals surface area contributed by atoms with Crippen molar-refractivity contribution in [1.82, 2.24) is 0 Å². The van der Waals surface area contributed by atoms with Crippen LogP contribution in [0.25, 0.3) is 0 Å². The molecule has 0 fully saturated rings. The molecule has 0 heterocycles. The summed E-state index contributed by atoms with van der Waals surface area (Å²) in [6.45, 7) is 4.19. The van der Waals surface area contributed by atoms with Crippen molar-refractivity contribution in [3.63, 3.8) is 0 Å². The molecule has 0 aliphatic heterocycles. The Morgan fingerprint density at radius 2 is 1.86 bits per heavy atom. The zero-order valence-electron chi connectivity index (χ0n) is 16.5. The number of benzene rings is 2. The number of ether oxygens (including phenoxy) is 2. The average Bonchev–Trinajstić information content (AvgIpc) is 2.65. The molecule has 28 heavy (non-hydrogen) atoms. The van der Waals surface area contributed by atoms with Gasteiger partial charge >= 0.3 is 0 Å². The summed E-state index contributed by atoms with van der Waals surface area (Å²) in [6.07, 6.45) is 2.14. The van der Waals surface area contributed by atoms with E-state index in [9.17, 15) is 13.2 Å². The van der Waals surface area contributed by atoms with Crippen LogP contribution in [0, 0.1) is 0 Å². The number of amides is 1. The van der Waals surface area contributed by atoms with Gasteiger partial charge in [0.2, 0.25) is 0 Å². The predicted molar refractivity (Wildman–Crippen MR) is 111 cm³/mol. The monoisotopic (exact) mass is 405 g/mol. The maximum Gasteiger partial charge on any atom is 0.262 e. The van der Waals surface area contributed by atoms with Gasteiger partial charge in [0.05, 0.1) is 5.75 Å². The topological polar surface area (TPSA) is 81.7 Å². The number of hydrogen-bond donors (Lipinski definition) is 1. The van der Waals surface area contributed by atoms with Crippen LogP contribution in [0.3, 0.4) is 0 Å². The van der Waals surface area contributed by atoms with Crippen molar-refractivity contribution in [2.75, 3.05) is 30.5 Å². The van der Waals surface area contributed by atoms with Crippen molar-refractivity contribution in [1.29, 1.82) is 0 Å². The Balaban J connectivity index is 1.91. The van der Waals surface area contributed by atoms with Crippen LogP contribution in [0.4, 0.5) is 5.69 Å². The number of hydrogen-bond acceptors (Lipinski definition) is 5. The van der Waals surface area contributed by atoms with Crippen LogP contribution >= 0.6 is 0 Å². The maximum absolute atomic E-state index is 12.2. The first kappa shape index (κ1) is 21.8. The van der Waals surface area contributed by atoms with Crippen molar-refractivity contribution >= 4 is 21.4 Å². The number of para-hydroxylation sites is 1. The third kappa shape index (κ3) is 7.23. The Kier molecular flexibility index (Phi) is 7.87. The van der Waals surface area contributed by atoms with E-state index in [-0.39, 0.29) is 24.9 Å². The Morgan fingerprint density at radius 1 is 1.11 bits per heavy atom. The van der Waals surface area contributed by atoms with E-state index in [2.05, 4.69) is 19.2 Å². The standard InChI is InChI=1S/C21H27NO5S/c1-4-16(2)19-10-5-6-11-20(19)27-15-21(23)22-17-8-7-9-18(14-17)26-12-13-28(3,24)25/h5-11,14,16H,4,12-13,15H2,1-3H3,(H,22,23). The van der Waals surface area contributed by atoms with Gasteiger partial charge in [-0.05, 0) is 36.1 Å². The van der Waals surface area contributed by atoms with Gasteiger partial charge in [-0.1, -0.05) is 38.1 Å². The third-order valence-corrected chi connectivity index (χ3v) is 5.17. The molecule has 0 saturated heterocycles. The summed E-state index contributed by atoms with van der Waals surface area (Å²) in [7, 11) is -3.08. The molecule has 1 unspecified atom stereocenters. The lowest BCUT2D eigenvalue weighted by molar-refractivity contribution is -0.118. The number of carbonyl (C=O) groups excluding carboxylic acids is 1. The molecule has 0 bridgehead atoms. The van der Waals surface area contributed by atoms with Crippen LogP contribution in [0.15, 0.2) is 48.5 Å². The van der Waals surface area contributed by atoms with Crippen LogP contribution in [0.2, 0.25) is 0 Å². The summed E-state index contributed by atoms with van der Waals surface area (Å²) in [6, 6.07) is 14.5. The molecule has 2 aromatic carbocycles. The molecule has 1 N–H and O–H groups in total. The highest BCUT2D eigenvalue weighted by Gasteiger charge is 2.11. The van der Waals surface area contributed by atoms with Gasteiger partial charge in [0, 0.05) is 18.0 Å². The molecule has 0 spiro atoms. The fraction of sp³-hybridized carbons (Fsp3) is 0.381. The molecule has 2 rings (SSSR count). The summed E-state index contributed by atoms with van der Waals surface area (Å²) in [5, 5.41) is 2.76. The molecule has 0 aromatic heterocycles. The number of anilines is 1. The summed E-state index contributed by atoms with van der Waals surface area (Å²) in [4.78, 5) is 12.2. The van der Waals surface area contributed by atoms with Crippen LogP contribution in [0.5, 0.6) is 11.5 Å². The van der Waals surface area contributed by atoms with E-state index in [1.54, 1.807) is 24.3 Å². The summed E-state index contributed by atoms with van der Waals surface area (Å²) < 4.78 is 33.5. The van der Waals surface area contributed by atoms with Crippen LogP contribution in [0.1, 0.15) is 31.7 Å². The first-order valence-corrected chi connectivity index (χ1v) is 11.3. The average molecular weight is 406 g/mol. The van der Waals surface area contributed by atoms with Crippen LogP contribution in [-0.4, -0.2) is 39.5 Å². The molecule has 1 atom stereocenters. The Morgan fingerprint density at radius 3 is 2.57 bits per heavy atom. The van der Waals surface area contributed by atoms with Crippen molar-refractivity contribution < 1.29 is 22.7 Å². The molecule has 0 aliphatic rings. The fourth-order valence-electron chi connectivity index (χ4n) is 2.55. The molecule has 0 radical (unpaired) electrons. The zero-order valence-corrected chi connectivity index (χ0v) is 17.3. The van der Waals surface area contributed by atoms with Gasteiger partial charge in [-0.3, -0.25) is 4.79 Å². The summed E-state index contributed by atoms with van der Waals surface area (Å²) in [5.74, 6) is 1.20. The number of sulfone groups is 1. The first-order chi connectivity index (χ1) is 13.3. The molecular formula is C21H27NO5S. The second-order valence-electron chi connectivity index (χ2n) is 6.69. The molecule has 7 heteroatoms. The largest absolute Gasteiger partial charge is 0.492 e. The van der Waals surface area contributed by atoms with Gasteiger partial charge in [0.1, 0.15) is 18.1 Å². The lowest BCUT2D eigenvalue weighted by Gasteiger charge is -2.15. The molecule has 1 amide bonds. The molecule has 152 valence electrons. The molecule has 6 nitrogen and oxygen atoms in total. The van der Waals surface area contributed by atoms with E-state index in [0.717, 1.165) is 18.2 Å². The lowest BCUT2D eigenvalue weighted by atomic mass is 9.98. The van der Waals surface area contributed by atoms with Gasteiger partial charge < -0.3 is 14.8 Å². The van der Waals surface area contributed by atoms with Gasteiger partial charge in [-0.2, -0.15) is 0 Å². The zero-order chi connectivity index (χ0) is 20.6. The highest BCUT2D eigenvalue weighted by molar-refractivity contribution is 7.90. The van der Waals surface area contributed by atoms with E-state index in [4.69, 9.17) is 9.47 Å². The predicted octanol–water partition coefficient (Wildman–Crippen LogP) is 3.64. The van der Waals surface area contributed by atoms with Crippen LogP contribution < -0.4 is 14.8 Å². The fourth-order valence-corrected chi connectivity index (χ4v) is 2.94. The first-order valence-electron chi connectivity index (χ1n) is 9.20. The maximum atomic E-state index is 12.2. The van der Waals surface area contributed by atoms with E-state index < -0.39 is 9.84 Å². The quantitative estimate of drug-likeness (QED) is 0.653. The Hall–Kier alpha value is -2.54. The smallest absolute Gasteiger partial charge is 0.262 e. The van der Waals surface area contributed by atoms with E-state index in [1.807, 2.05) is 24.3 Å². The minimum atomic E-state index is -3.08. The minimum absolute atomic E-state index is 0.0613. The van der Waals surface area contributed by atoms with Gasteiger partial charge in [-0.25, -0.2) is 8.42 Å². The second kappa shape index (κ2) is 10.1. The molecule has 0 saturated carbocycles. The highest BCUT2D eigenvalue weighted by Crippen LogP contribution is 2.28. The van der Waals surface area contributed by atoms with Crippen molar-refractivity contribution in [3.05, 3.63) is 54.1 Å². The molecule has 2 aromatic rings.